The first-order valence-corrected chi connectivity index (χ1v) is 8.35. The van der Waals surface area contributed by atoms with E-state index < -0.39 is 0 Å². The minimum atomic E-state index is -0.156. The number of hydrogen-bond donors (Lipinski definition) is 2. The fourth-order valence-corrected chi connectivity index (χ4v) is 2.84. The van der Waals surface area contributed by atoms with Crippen LogP contribution >= 0.6 is 24.0 Å². The van der Waals surface area contributed by atoms with E-state index in [0.29, 0.717) is 10.9 Å². The van der Waals surface area contributed by atoms with Crippen molar-refractivity contribution in [3.63, 3.8) is 0 Å². The predicted octanol–water partition coefficient (Wildman–Crippen LogP) is 3.95. The highest BCUT2D eigenvalue weighted by atomic mass is 32.2. The van der Waals surface area contributed by atoms with Crippen LogP contribution in [0.1, 0.15) is 5.56 Å². The van der Waals surface area contributed by atoms with Gasteiger partial charge in [-0.2, -0.15) is 0 Å². The molecule has 0 heterocycles. The number of amides is 2. The zero-order chi connectivity index (χ0) is 16.7. The number of anilines is 1. The van der Waals surface area contributed by atoms with E-state index in [-0.39, 0.29) is 6.03 Å². The molecule has 0 spiro atoms. The van der Waals surface area contributed by atoms with Crippen molar-refractivity contribution in [3.8, 4) is 0 Å². The Hall–Kier alpha value is -2.05. The van der Waals surface area contributed by atoms with Crippen molar-refractivity contribution in [1.29, 1.82) is 0 Å². The Morgan fingerprint density at radius 1 is 1.13 bits per heavy atom. The van der Waals surface area contributed by atoms with Crippen molar-refractivity contribution in [2.45, 2.75) is 11.4 Å². The number of hydrogen-bond acceptors (Lipinski definition) is 3. The van der Waals surface area contributed by atoms with Crippen molar-refractivity contribution in [2.75, 3.05) is 19.4 Å². The number of thioether (sulfide) groups is 1. The molecule has 0 aliphatic rings. The van der Waals surface area contributed by atoms with Crippen LogP contribution in [0, 0.1) is 0 Å². The lowest BCUT2D eigenvalue weighted by Crippen LogP contribution is -2.27. The molecule has 4 nitrogen and oxygen atoms in total. The number of carbonyl (C=O) groups is 1. The van der Waals surface area contributed by atoms with E-state index in [4.69, 9.17) is 12.2 Å². The highest BCUT2D eigenvalue weighted by molar-refractivity contribution is 8.23. The maximum atomic E-state index is 11.7. The van der Waals surface area contributed by atoms with Gasteiger partial charge in [0.25, 0.3) is 0 Å². The van der Waals surface area contributed by atoms with Gasteiger partial charge in [0.1, 0.15) is 4.32 Å². The van der Waals surface area contributed by atoms with Crippen LogP contribution in [0.4, 0.5) is 10.5 Å². The van der Waals surface area contributed by atoms with Crippen molar-refractivity contribution in [2.24, 2.45) is 0 Å². The zero-order valence-electron chi connectivity index (χ0n) is 13.1. The van der Waals surface area contributed by atoms with Crippen LogP contribution in [0.3, 0.4) is 0 Å². The van der Waals surface area contributed by atoms with E-state index in [1.54, 1.807) is 14.1 Å². The lowest BCUT2D eigenvalue weighted by molar-refractivity contribution is 0.230. The molecule has 0 fully saturated rings. The number of thiocarbonyl (C=S) groups is 1. The van der Waals surface area contributed by atoms with E-state index >= 15 is 0 Å². The number of carbonyl (C=O) groups excluding carboxylic acids is 1. The SMILES string of the molecule is CN(C)C(=O)Nc1cccc(SC(=S)NCc2ccccc2)c1. The third kappa shape index (κ3) is 5.92. The van der Waals surface area contributed by atoms with Gasteiger partial charge >= 0.3 is 6.03 Å². The van der Waals surface area contributed by atoms with Crippen LogP contribution in [-0.4, -0.2) is 29.3 Å². The maximum Gasteiger partial charge on any atom is 0.321 e. The molecular weight excluding hydrogens is 326 g/mol. The summed E-state index contributed by atoms with van der Waals surface area (Å²) in [5.41, 5.74) is 1.93. The first-order valence-electron chi connectivity index (χ1n) is 7.12. The highest BCUT2D eigenvalue weighted by Gasteiger charge is 2.06. The van der Waals surface area contributed by atoms with Crippen LogP contribution in [-0.2, 0) is 6.54 Å². The van der Waals surface area contributed by atoms with Crippen molar-refractivity contribution >= 4 is 40.0 Å². The molecule has 0 saturated carbocycles. The number of rotatable bonds is 4. The molecule has 6 heteroatoms. The van der Waals surface area contributed by atoms with Gasteiger partial charge in [0.2, 0.25) is 0 Å². The summed E-state index contributed by atoms with van der Waals surface area (Å²) >= 11 is 6.83. The Balaban J connectivity index is 1.89. The van der Waals surface area contributed by atoms with Gasteiger partial charge in [0, 0.05) is 31.2 Å². The molecule has 23 heavy (non-hydrogen) atoms. The smallest absolute Gasteiger partial charge is 0.321 e. The van der Waals surface area contributed by atoms with Gasteiger partial charge in [-0.05, 0) is 23.8 Å². The second kappa shape index (κ2) is 8.55. The monoisotopic (exact) mass is 345 g/mol. The fraction of sp³-hybridized carbons (Fsp3) is 0.176. The average Bonchev–Trinajstić information content (AvgIpc) is 2.54. The number of benzene rings is 2. The maximum absolute atomic E-state index is 11.7. The Bertz CT molecular complexity index is 675. The topological polar surface area (TPSA) is 44.4 Å². The van der Waals surface area contributed by atoms with Crippen LogP contribution in [0.25, 0.3) is 0 Å². The summed E-state index contributed by atoms with van der Waals surface area (Å²) in [5.74, 6) is 0. The normalized spacial score (nSPS) is 10.0. The standard InChI is InChI=1S/C17H19N3OS2/c1-20(2)16(21)19-14-9-6-10-15(11-14)23-17(22)18-12-13-7-4-3-5-8-13/h3-11H,12H2,1-2H3,(H,18,22)(H,19,21). The van der Waals surface area contributed by atoms with Gasteiger partial charge in [-0.3, -0.25) is 0 Å². The summed E-state index contributed by atoms with van der Waals surface area (Å²) in [5, 5.41) is 6.05. The summed E-state index contributed by atoms with van der Waals surface area (Å²) in [6.45, 7) is 0.698. The van der Waals surface area contributed by atoms with E-state index in [2.05, 4.69) is 22.8 Å². The largest absolute Gasteiger partial charge is 0.367 e. The molecule has 2 rings (SSSR count). The minimum absolute atomic E-state index is 0.156. The third-order valence-corrected chi connectivity index (χ3v) is 4.20. The molecule has 0 aromatic heterocycles. The van der Waals surface area contributed by atoms with Crippen molar-refractivity contribution < 1.29 is 4.79 Å². The summed E-state index contributed by atoms with van der Waals surface area (Å²) < 4.78 is 0.699. The zero-order valence-corrected chi connectivity index (χ0v) is 14.7. The fourth-order valence-electron chi connectivity index (χ4n) is 1.79. The molecule has 2 aromatic carbocycles. The van der Waals surface area contributed by atoms with Gasteiger partial charge in [-0.1, -0.05) is 60.4 Å². The van der Waals surface area contributed by atoms with Gasteiger partial charge < -0.3 is 15.5 Å². The molecule has 120 valence electrons. The molecule has 0 atom stereocenters. The molecule has 0 saturated heterocycles. The lowest BCUT2D eigenvalue weighted by atomic mass is 10.2. The molecule has 0 radical (unpaired) electrons. The van der Waals surface area contributed by atoms with Gasteiger partial charge in [-0.25, -0.2) is 4.79 Å². The Labute approximate surface area is 146 Å². The van der Waals surface area contributed by atoms with Crippen molar-refractivity contribution in [3.05, 3.63) is 60.2 Å². The van der Waals surface area contributed by atoms with Crippen LogP contribution in [0.5, 0.6) is 0 Å². The molecule has 0 aliphatic carbocycles. The van der Waals surface area contributed by atoms with E-state index in [1.807, 2.05) is 42.5 Å². The second-order valence-electron chi connectivity index (χ2n) is 5.08. The van der Waals surface area contributed by atoms with E-state index in [0.717, 1.165) is 10.6 Å². The highest BCUT2D eigenvalue weighted by Crippen LogP contribution is 2.22. The molecule has 2 aromatic rings. The summed E-state index contributed by atoms with van der Waals surface area (Å²) in [7, 11) is 3.41. The number of nitrogens with one attached hydrogen (secondary N) is 2. The molecule has 0 unspecified atom stereocenters. The first-order chi connectivity index (χ1) is 11.0. The molecule has 2 N–H and O–H groups in total. The third-order valence-electron chi connectivity index (χ3n) is 2.98. The van der Waals surface area contributed by atoms with E-state index in [9.17, 15) is 4.79 Å². The van der Waals surface area contributed by atoms with Gasteiger partial charge in [-0.15, -0.1) is 0 Å². The van der Waals surface area contributed by atoms with Crippen LogP contribution in [0.2, 0.25) is 0 Å². The molecular formula is C17H19N3OS2. The lowest BCUT2D eigenvalue weighted by Gasteiger charge is -2.13. The second-order valence-corrected chi connectivity index (χ2v) is 6.83. The van der Waals surface area contributed by atoms with Crippen LogP contribution in [0.15, 0.2) is 59.5 Å². The average molecular weight is 345 g/mol. The molecule has 0 aliphatic heterocycles. The summed E-state index contributed by atoms with van der Waals surface area (Å²) in [6, 6.07) is 17.6. The number of nitrogens with zero attached hydrogens (tertiary/aromatic N) is 1. The quantitative estimate of drug-likeness (QED) is 0.651. The number of urea groups is 1. The Kier molecular flexibility index (Phi) is 6.43. The van der Waals surface area contributed by atoms with Gasteiger partial charge in [0.05, 0.1) is 0 Å². The van der Waals surface area contributed by atoms with Crippen LogP contribution < -0.4 is 10.6 Å². The molecule has 0 bridgehead atoms. The minimum Gasteiger partial charge on any atom is -0.367 e. The Morgan fingerprint density at radius 3 is 2.57 bits per heavy atom. The summed E-state index contributed by atoms with van der Waals surface area (Å²) in [6.07, 6.45) is 0. The first kappa shape index (κ1) is 17.3. The van der Waals surface area contributed by atoms with Gasteiger partial charge in [0.15, 0.2) is 0 Å². The Morgan fingerprint density at radius 2 is 1.87 bits per heavy atom. The van der Waals surface area contributed by atoms with E-state index in [1.165, 1.54) is 22.2 Å². The van der Waals surface area contributed by atoms with Crippen molar-refractivity contribution in [1.82, 2.24) is 10.2 Å². The molecule has 2 amide bonds. The predicted molar refractivity (Wildman–Crippen MR) is 101 cm³/mol. The summed E-state index contributed by atoms with van der Waals surface area (Å²) in [4.78, 5) is 14.1.